The molecule has 0 aliphatic carbocycles. The van der Waals surface area contributed by atoms with Gasteiger partial charge in [0, 0.05) is 24.7 Å². The van der Waals surface area contributed by atoms with E-state index in [9.17, 15) is 0 Å². The van der Waals surface area contributed by atoms with E-state index in [1.807, 2.05) is 24.3 Å². The molecular formula is C19H33NO2. The first-order valence-corrected chi connectivity index (χ1v) is 8.66. The Morgan fingerprint density at radius 3 is 2.05 bits per heavy atom. The van der Waals surface area contributed by atoms with Gasteiger partial charge in [0.2, 0.25) is 0 Å². The summed E-state index contributed by atoms with van der Waals surface area (Å²) in [5, 5.41) is 0. The molecule has 1 rings (SSSR count). The molecular weight excluding hydrogens is 274 g/mol. The molecule has 126 valence electrons. The summed E-state index contributed by atoms with van der Waals surface area (Å²) in [7, 11) is 0. The number of rotatable bonds is 11. The van der Waals surface area contributed by atoms with Crippen molar-refractivity contribution in [1.82, 2.24) is 4.90 Å². The van der Waals surface area contributed by atoms with Crippen molar-refractivity contribution in [1.29, 1.82) is 0 Å². The van der Waals surface area contributed by atoms with Crippen molar-refractivity contribution in [3.8, 4) is 11.5 Å². The Kier molecular flexibility index (Phi) is 8.98. The van der Waals surface area contributed by atoms with E-state index in [-0.39, 0.29) is 0 Å². The van der Waals surface area contributed by atoms with Crippen molar-refractivity contribution in [2.45, 2.75) is 66.0 Å². The summed E-state index contributed by atoms with van der Waals surface area (Å²) in [5.74, 6) is 1.79. The molecule has 0 aliphatic heterocycles. The average Bonchev–Trinajstić information content (AvgIpc) is 2.48. The van der Waals surface area contributed by atoms with Crippen LogP contribution in [0.5, 0.6) is 11.5 Å². The topological polar surface area (TPSA) is 21.7 Å². The van der Waals surface area contributed by atoms with Gasteiger partial charge in [0.05, 0.1) is 6.61 Å². The van der Waals surface area contributed by atoms with E-state index < -0.39 is 0 Å². The quantitative estimate of drug-likeness (QED) is 0.550. The molecule has 0 fully saturated rings. The Morgan fingerprint density at radius 1 is 0.909 bits per heavy atom. The summed E-state index contributed by atoms with van der Waals surface area (Å²) in [4.78, 5) is 2.44. The van der Waals surface area contributed by atoms with Gasteiger partial charge in [-0.05, 0) is 46.2 Å². The summed E-state index contributed by atoms with van der Waals surface area (Å²) < 4.78 is 11.6. The van der Waals surface area contributed by atoms with Crippen LogP contribution in [0.4, 0.5) is 0 Å². The van der Waals surface area contributed by atoms with Gasteiger partial charge in [-0.3, -0.25) is 4.90 Å². The summed E-state index contributed by atoms with van der Waals surface area (Å²) in [5.41, 5.74) is 0. The number of benzene rings is 1. The predicted molar refractivity (Wildman–Crippen MR) is 93.9 cm³/mol. The number of hydrogen-bond donors (Lipinski definition) is 0. The molecule has 0 unspecified atom stereocenters. The lowest BCUT2D eigenvalue weighted by molar-refractivity contribution is 0.142. The maximum Gasteiger partial charge on any atom is 0.123 e. The third-order valence-electron chi connectivity index (χ3n) is 3.77. The third kappa shape index (κ3) is 7.17. The van der Waals surface area contributed by atoms with Gasteiger partial charge in [-0.15, -0.1) is 0 Å². The number of hydrogen-bond acceptors (Lipinski definition) is 3. The van der Waals surface area contributed by atoms with Gasteiger partial charge in [0.15, 0.2) is 0 Å². The minimum absolute atomic E-state index is 0.539. The highest BCUT2D eigenvalue weighted by Gasteiger charge is 2.12. The van der Waals surface area contributed by atoms with E-state index in [0.29, 0.717) is 18.7 Å². The molecule has 1 aromatic carbocycles. The Balaban J connectivity index is 2.39. The van der Waals surface area contributed by atoms with Gasteiger partial charge in [-0.2, -0.15) is 0 Å². The molecule has 0 bridgehead atoms. The van der Waals surface area contributed by atoms with Gasteiger partial charge in [0.1, 0.15) is 18.1 Å². The first-order valence-electron chi connectivity index (χ1n) is 8.66. The summed E-state index contributed by atoms with van der Waals surface area (Å²) >= 11 is 0. The summed E-state index contributed by atoms with van der Waals surface area (Å²) in [6, 6.07) is 9.05. The second-order valence-corrected chi connectivity index (χ2v) is 6.30. The van der Waals surface area contributed by atoms with Gasteiger partial charge in [0.25, 0.3) is 0 Å². The van der Waals surface area contributed by atoms with Crippen LogP contribution < -0.4 is 9.47 Å². The molecule has 0 spiro atoms. The Bertz CT molecular complexity index is 396. The zero-order valence-electron chi connectivity index (χ0n) is 15.0. The number of ether oxygens (including phenoxy) is 2. The highest BCUT2D eigenvalue weighted by Crippen LogP contribution is 2.20. The third-order valence-corrected chi connectivity index (χ3v) is 3.77. The lowest BCUT2D eigenvalue weighted by Gasteiger charge is -2.30. The van der Waals surface area contributed by atoms with Crippen LogP contribution in [-0.4, -0.2) is 36.7 Å². The Hall–Kier alpha value is -1.22. The first-order chi connectivity index (χ1) is 10.5. The van der Waals surface area contributed by atoms with E-state index in [4.69, 9.17) is 9.47 Å². The lowest BCUT2D eigenvalue weighted by Crippen LogP contribution is -2.39. The van der Waals surface area contributed by atoms with Gasteiger partial charge >= 0.3 is 0 Å². The zero-order chi connectivity index (χ0) is 16.4. The van der Waals surface area contributed by atoms with E-state index in [1.165, 1.54) is 12.8 Å². The molecule has 0 N–H and O–H groups in total. The van der Waals surface area contributed by atoms with Crippen molar-refractivity contribution in [2.24, 2.45) is 0 Å². The van der Waals surface area contributed by atoms with Gasteiger partial charge in [-0.25, -0.2) is 0 Å². The van der Waals surface area contributed by atoms with Crippen molar-refractivity contribution in [3.05, 3.63) is 24.3 Å². The van der Waals surface area contributed by atoms with E-state index in [1.54, 1.807) is 0 Å². The van der Waals surface area contributed by atoms with Crippen LogP contribution in [0.1, 0.15) is 53.9 Å². The number of nitrogens with zero attached hydrogens (tertiary/aromatic N) is 1. The van der Waals surface area contributed by atoms with Crippen molar-refractivity contribution in [2.75, 3.05) is 19.8 Å². The molecule has 0 saturated heterocycles. The normalized spacial score (nSPS) is 11.5. The molecule has 0 amide bonds. The lowest BCUT2D eigenvalue weighted by atomic mass is 10.2. The van der Waals surface area contributed by atoms with Crippen LogP contribution in [0.25, 0.3) is 0 Å². The van der Waals surface area contributed by atoms with E-state index >= 15 is 0 Å². The SMILES string of the molecule is CCCCCOc1cccc(OCCN(C(C)C)C(C)C)c1. The van der Waals surface area contributed by atoms with E-state index in [0.717, 1.165) is 31.1 Å². The van der Waals surface area contributed by atoms with Crippen molar-refractivity contribution in [3.63, 3.8) is 0 Å². The van der Waals surface area contributed by atoms with Crippen LogP contribution in [0.2, 0.25) is 0 Å². The van der Waals surface area contributed by atoms with Crippen molar-refractivity contribution >= 4 is 0 Å². The Labute approximate surface area is 136 Å². The molecule has 22 heavy (non-hydrogen) atoms. The predicted octanol–water partition coefficient (Wildman–Crippen LogP) is 4.75. The summed E-state index contributed by atoms with van der Waals surface area (Å²) in [6.45, 7) is 13.5. The van der Waals surface area contributed by atoms with Crippen LogP contribution in [0, 0.1) is 0 Å². The molecule has 0 radical (unpaired) electrons. The second kappa shape index (κ2) is 10.5. The summed E-state index contributed by atoms with van der Waals surface area (Å²) in [6.07, 6.45) is 3.55. The molecule has 0 atom stereocenters. The molecule has 0 aromatic heterocycles. The highest BCUT2D eigenvalue weighted by atomic mass is 16.5. The second-order valence-electron chi connectivity index (χ2n) is 6.30. The van der Waals surface area contributed by atoms with Crippen LogP contribution in [0.3, 0.4) is 0 Å². The molecule has 1 aromatic rings. The minimum atomic E-state index is 0.539. The fraction of sp³-hybridized carbons (Fsp3) is 0.684. The smallest absolute Gasteiger partial charge is 0.123 e. The molecule has 0 heterocycles. The van der Waals surface area contributed by atoms with Crippen LogP contribution in [-0.2, 0) is 0 Å². The minimum Gasteiger partial charge on any atom is -0.493 e. The monoisotopic (exact) mass is 307 g/mol. The molecule has 3 heteroatoms. The fourth-order valence-electron chi connectivity index (χ4n) is 2.58. The maximum atomic E-state index is 5.88. The largest absolute Gasteiger partial charge is 0.493 e. The first kappa shape index (κ1) is 18.8. The van der Waals surface area contributed by atoms with Gasteiger partial charge in [-0.1, -0.05) is 25.8 Å². The van der Waals surface area contributed by atoms with Crippen LogP contribution in [0.15, 0.2) is 24.3 Å². The average molecular weight is 307 g/mol. The highest BCUT2D eigenvalue weighted by molar-refractivity contribution is 5.32. The van der Waals surface area contributed by atoms with Crippen LogP contribution >= 0.6 is 0 Å². The number of unbranched alkanes of at least 4 members (excludes halogenated alkanes) is 2. The molecule has 3 nitrogen and oxygen atoms in total. The van der Waals surface area contributed by atoms with Crippen molar-refractivity contribution < 1.29 is 9.47 Å². The standard InChI is InChI=1S/C19H33NO2/c1-6-7-8-13-21-18-10-9-11-19(15-18)22-14-12-20(16(2)3)17(4)5/h9-11,15-17H,6-8,12-14H2,1-5H3. The van der Waals surface area contributed by atoms with E-state index in [2.05, 4.69) is 39.5 Å². The fourth-order valence-corrected chi connectivity index (χ4v) is 2.58. The van der Waals surface area contributed by atoms with Gasteiger partial charge < -0.3 is 9.47 Å². The Morgan fingerprint density at radius 2 is 1.50 bits per heavy atom. The maximum absolute atomic E-state index is 5.88. The molecule has 0 saturated carbocycles. The molecule has 0 aliphatic rings. The zero-order valence-corrected chi connectivity index (χ0v) is 15.0.